The van der Waals surface area contributed by atoms with Gasteiger partial charge in [0.15, 0.2) is 0 Å². The van der Waals surface area contributed by atoms with E-state index in [1.165, 1.54) is 11.3 Å². The first-order valence-electron chi connectivity index (χ1n) is 7.07. The SMILES string of the molecule is Cl.NCC1CCCC1NC(=O)CCSc1ccc(Br)cc1. The molecule has 3 nitrogen and oxygen atoms in total. The smallest absolute Gasteiger partial charge is 0.221 e. The van der Waals surface area contributed by atoms with Gasteiger partial charge in [0.2, 0.25) is 5.91 Å². The minimum atomic E-state index is 0. The van der Waals surface area contributed by atoms with Crippen molar-refractivity contribution < 1.29 is 4.79 Å². The van der Waals surface area contributed by atoms with Crippen molar-refractivity contribution in [3.63, 3.8) is 0 Å². The summed E-state index contributed by atoms with van der Waals surface area (Å²) in [6.45, 7) is 0.679. The van der Waals surface area contributed by atoms with Gasteiger partial charge in [0, 0.05) is 27.6 Å². The van der Waals surface area contributed by atoms with Crippen LogP contribution in [0.1, 0.15) is 25.7 Å². The highest BCUT2D eigenvalue weighted by Gasteiger charge is 2.26. The Hall–Kier alpha value is -0.230. The predicted octanol–water partition coefficient (Wildman–Crippen LogP) is 3.60. The molecule has 2 rings (SSSR count). The van der Waals surface area contributed by atoms with Gasteiger partial charge in [0.25, 0.3) is 0 Å². The molecule has 21 heavy (non-hydrogen) atoms. The molecule has 118 valence electrons. The zero-order chi connectivity index (χ0) is 14.4. The maximum absolute atomic E-state index is 11.9. The van der Waals surface area contributed by atoms with Crippen LogP contribution in [0, 0.1) is 5.92 Å². The average molecular weight is 394 g/mol. The van der Waals surface area contributed by atoms with Gasteiger partial charge in [-0.15, -0.1) is 24.2 Å². The second kappa shape index (κ2) is 9.72. The molecule has 0 bridgehead atoms. The van der Waals surface area contributed by atoms with Gasteiger partial charge in [-0.3, -0.25) is 4.79 Å². The van der Waals surface area contributed by atoms with E-state index in [1.54, 1.807) is 11.8 Å². The number of amides is 1. The van der Waals surface area contributed by atoms with Gasteiger partial charge in [-0.1, -0.05) is 22.4 Å². The van der Waals surface area contributed by atoms with Crippen molar-refractivity contribution in [2.24, 2.45) is 11.7 Å². The summed E-state index contributed by atoms with van der Waals surface area (Å²) < 4.78 is 1.08. The summed E-state index contributed by atoms with van der Waals surface area (Å²) in [5.41, 5.74) is 5.73. The summed E-state index contributed by atoms with van der Waals surface area (Å²) >= 11 is 5.13. The van der Waals surface area contributed by atoms with Crippen molar-refractivity contribution in [3.8, 4) is 0 Å². The first kappa shape index (κ1) is 18.8. The van der Waals surface area contributed by atoms with Gasteiger partial charge < -0.3 is 11.1 Å². The lowest BCUT2D eigenvalue weighted by atomic mass is 10.0. The molecule has 0 aliphatic heterocycles. The zero-order valence-electron chi connectivity index (χ0n) is 11.9. The molecule has 1 aliphatic rings. The number of halogens is 2. The van der Waals surface area contributed by atoms with E-state index in [0.29, 0.717) is 24.9 Å². The van der Waals surface area contributed by atoms with Gasteiger partial charge in [0.05, 0.1) is 0 Å². The molecular weight excluding hydrogens is 372 g/mol. The topological polar surface area (TPSA) is 55.1 Å². The molecule has 0 spiro atoms. The van der Waals surface area contributed by atoms with E-state index in [1.807, 2.05) is 12.1 Å². The second-order valence-corrected chi connectivity index (χ2v) is 7.24. The zero-order valence-corrected chi connectivity index (χ0v) is 15.1. The molecule has 6 heteroatoms. The Kier molecular flexibility index (Phi) is 8.71. The van der Waals surface area contributed by atoms with E-state index in [2.05, 4.69) is 33.4 Å². The molecule has 1 fully saturated rings. The van der Waals surface area contributed by atoms with E-state index < -0.39 is 0 Å². The molecule has 1 aliphatic carbocycles. The van der Waals surface area contributed by atoms with Crippen LogP contribution in [0.15, 0.2) is 33.6 Å². The van der Waals surface area contributed by atoms with Crippen molar-refractivity contribution in [1.29, 1.82) is 0 Å². The number of carbonyl (C=O) groups is 1. The Labute approximate surface area is 145 Å². The van der Waals surface area contributed by atoms with Crippen molar-refractivity contribution >= 4 is 46.0 Å². The van der Waals surface area contributed by atoms with E-state index in [4.69, 9.17) is 5.73 Å². The second-order valence-electron chi connectivity index (χ2n) is 5.15. The molecule has 2 atom stereocenters. The molecule has 0 radical (unpaired) electrons. The number of nitrogens with one attached hydrogen (secondary N) is 1. The molecule has 1 amide bonds. The summed E-state index contributed by atoms with van der Waals surface area (Å²) in [5, 5.41) is 3.14. The first-order valence-corrected chi connectivity index (χ1v) is 8.84. The first-order chi connectivity index (χ1) is 9.69. The van der Waals surface area contributed by atoms with Crippen molar-refractivity contribution in [3.05, 3.63) is 28.7 Å². The van der Waals surface area contributed by atoms with Crippen molar-refractivity contribution in [2.75, 3.05) is 12.3 Å². The van der Waals surface area contributed by atoms with Gasteiger partial charge in [-0.2, -0.15) is 0 Å². The molecule has 2 unspecified atom stereocenters. The van der Waals surface area contributed by atoms with Crippen LogP contribution in [0.25, 0.3) is 0 Å². The van der Waals surface area contributed by atoms with E-state index in [9.17, 15) is 4.79 Å². The maximum atomic E-state index is 11.9. The monoisotopic (exact) mass is 392 g/mol. The Morgan fingerprint density at radius 3 is 2.71 bits per heavy atom. The summed E-state index contributed by atoms with van der Waals surface area (Å²) in [6, 6.07) is 8.46. The Bertz CT molecular complexity index is 444. The fourth-order valence-electron chi connectivity index (χ4n) is 2.58. The summed E-state index contributed by atoms with van der Waals surface area (Å²) in [6.07, 6.45) is 3.97. The highest BCUT2D eigenvalue weighted by molar-refractivity contribution is 9.10. The third-order valence-corrected chi connectivity index (χ3v) is 5.26. The normalized spacial score (nSPS) is 20.9. The van der Waals surface area contributed by atoms with Crippen LogP contribution in [-0.4, -0.2) is 24.2 Å². The Morgan fingerprint density at radius 2 is 2.05 bits per heavy atom. The van der Waals surface area contributed by atoms with Crippen LogP contribution in [0.4, 0.5) is 0 Å². The van der Waals surface area contributed by atoms with Gasteiger partial charge in [-0.05, 0) is 49.6 Å². The lowest BCUT2D eigenvalue weighted by Gasteiger charge is -2.19. The van der Waals surface area contributed by atoms with Crippen molar-refractivity contribution in [1.82, 2.24) is 5.32 Å². The molecule has 0 saturated heterocycles. The van der Waals surface area contributed by atoms with E-state index in [-0.39, 0.29) is 18.3 Å². The van der Waals surface area contributed by atoms with Crippen LogP contribution in [0.2, 0.25) is 0 Å². The number of benzene rings is 1. The number of nitrogens with two attached hydrogens (primary N) is 1. The van der Waals surface area contributed by atoms with Gasteiger partial charge >= 0.3 is 0 Å². The number of hydrogen-bond donors (Lipinski definition) is 2. The molecule has 1 aromatic carbocycles. The Balaban J connectivity index is 0.00000220. The molecule has 1 aromatic rings. The molecule has 0 heterocycles. The summed E-state index contributed by atoms with van der Waals surface area (Å²) in [7, 11) is 0. The number of carbonyl (C=O) groups excluding carboxylic acids is 1. The van der Waals surface area contributed by atoms with Gasteiger partial charge in [-0.25, -0.2) is 0 Å². The van der Waals surface area contributed by atoms with Crippen LogP contribution in [-0.2, 0) is 4.79 Å². The van der Waals surface area contributed by atoms with E-state index in [0.717, 1.165) is 23.1 Å². The van der Waals surface area contributed by atoms with Crippen LogP contribution < -0.4 is 11.1 Å². The Morgan fingerprint density at radius 1 is 1.33 bits per heavy atom. The summed E-state index contributed by atoms with van der Waals surface area (Å²) in [4.78, 5) is 13.1. The van der Waals surface area contributed by atoms with Gasteiger partial charge in [0.1, 0.15) is 0 Å². The van der Waals surface area contributed by atoms with Crippen LogP contribution in [0.5, 0.6) is 0 Å². The number of hydrogen-bond acceptors (Lipinski definition) is 3. The van der Waals surface area contributed by atoms with Crippen LogP contribution >= 0.6 is 40.1 Å². The maximum Gasteiger partial charge on any atom is 0.221 e. The number of rotatable bonds is 6. The quantitative estimate of drug-likeness (QED) is 0.726. The molecule has 0 aromatic heterocycles. The minimum Gasteiger partial charge on any atom is -0.353 e. The lowest BCUT2D eigenvalue weighted by Crippen LogP contribution is -2.39. The fraction of sp³-hybridized carbons (Fsp3) is 0.533. The molecule has 3 N–H and O–H groups in total. The number of thioether (sulfide) groups is 1. The highest BCUT2D eigenvalue weighted by atomic mass is 79.9. The largest absolute Gasteiger partial charge is 0.353 e. The van der Waals surface area contributed by atoms with Crippen molar-refractivity contribution in [2.45, 2.75) is 36.6 Å². The predicted molar refractivity (Wildman–Crippen MR) is 95.1 cm³/mol. The average Bonchev–Trinajstić information content (AvgIpc) is 2.88. The van der Waals surface area contributed by atoms with Crippen LogP contribution in [0.3, 0.4) is 0 Å². The lowest BCUT2D eigenvalue weighted by molar-refractivity contribution is -0.121. The molecule has 1 saturated carbocycles. The standard InChI is InChI=1S/C15H21BrN2OS.ClH/c16-12-4-6-13(7-5-12)20-9-8-15(19)18-14-3-1-2-11(14)10-17;/h4-7,11,14H,1-3,8-10,17H2,(H,18,19);1H. The third-order valence-electron chi connectivity index (χ3n) is 3.72. The highest BCUT2D eigenvalue weighted by Crippen LogP contribution is 2.25. The minimum absolute atomic E-state index is 0. The summed E-state index contributed by atoms with van der Waals surface area (Å²) in [5.74, 6) is 1.44. The fourth-order valence-corrected chi connectivity index (χ4v) is 3.70. The third kappa shape index (κ3) is 6.19. The molecular formula is C15H22BrClN2OS. The van der Waals surface area contributed by atoms with E-state index >= 15 is 0 Å².